The minimum Gasteiger partial charge on any atom is -0.0654 e. The topological polar surface area (TPSA) is 0 Å². The first kappa shape index (κ1) is 15.0. The average molecular weight is 211 g/mol. The minimum atomic E-state index is 0.788. The van der Waals surface area contributed by atoms with Crippen molar-refractivity contribution in [2.24, 2.45) is 17.8 Å². The molecule has 1 radical (unpaired) electrons. The maximum absolute atomic E-state index is 4.01. The summed E-state index contributed by atoms with van der Waals surface area (Å²) >= 11 is 0. The van der Waals surface area contributed by atoms with Crippen LogP contribution in [0.1, 0.15) is 72.6 Å². The molecule has 0 aromatic rings. The van der Waals surface area contributed by atoms with Crippen LogP contribution in [-0.2, 0) is 0 Å². The molecule has 0 fully saturated rings. The van der Waals surface area contributed by atoms with Crippen LogP contribution < -0.4 is 0 Å². The molecule has 0 N–H and O–H groups in total. The zero-order valence-corrected chi connectivity index (χ0v) is 11.4. The summed E-state index contributed by atoms with van der Waals surface area (Å²) in [6.45, 7) is 13.4. The van der Waals surface area contributed by atoms with Crippen molar-refractivity contribution < 1.29 is 0 Å². The van der Waals surface area contributed by atoms with E-state index < -0.39 is 0 Å². The highest BCUT2D eigenvalue weighted by Crippen LogP contribution is 2.26. The summed E-state index contributed by atoms with van der Waals surface area (Å²) in [5.41, 5.74) is 0. The lowest BCUT2D eigenvalue weighted by atomic mass is 9.81. The van der Waals surface area contributed by atoms with Crippen LogP contribution in [0.25, 0.3) is 0 Å². The molecule has 0 bridgehead atoms. The molecule has 0 rings (SSSR count). The van der Waals surface area contributed by atoms with Gasteiger partial charge in [-0.15, -0.1) is 0 Å². The number of rotatable bonds is 9. The van der Waals surface area contributed by atoms with Crippen molar-refractivity contribution >= 4 is 0 Å². The van der Waals surface area contributed by atoms with E-state index in [1.807, 2.05) is 0 Å². The molecule has 0 amide bonds. The first-order valence-corrected chi connectivity index (χ1v) is 6.92. The third kappa shape index (κ3) is 6.98. The van der Waals surface area contributed by atoms with E-state index in [2.05, 4.69) is 34.6 Å². The lowest BCUT2D eigenvalue weighted by Crippen LogP contribution is -2.16. The Morgan fingerprint density at radius 3 is 2.00 bits per heavy atom. The summed E-state index contributed by atoms with van der Waals surface area (Å²) in [5.74, 6) is 2.51. The SMILES string of the molecule is [CH2]CC(C)C(C)C(C)CCCCCCC. The first-order valence-electron chi connectivity index (χ1n) is 6.92. The highest BCUT2D eigenvalue weighted by atomic mass is 14.2. The molecular weight excluding hydrogens is 180 g/mol. The summed E-state index contributed by atoms with van der Waals surface area (Å²) in [7, 11) is 0. The van der Waals surface area contributed by atoms with Gasteiger partial charge < -0.3 is 0 Å². The van der Waals surface area contributed by atoms with E-state index >= 15 is 0 Å². The van der Waals surface area contributed by atoms with Crippen LogP contribution in [0.4, 0.5) is 0 Å². The van der Waals surface area contributed by atoms with Crippen molar-refractivity contribution in [2.45, 2.75) is 72.6 Å². The molecule has 3 atom stereocenters. The van der Waals surface area contributed by atoms with E-state index in [0.717, 1.165) is 24.2 Å². The van der Waals surface area contributed by atoms with Crippen LogP contribution >= 0.6 is 0 Å². The van der Waals surface area contributed by atoms with Gasteiger partial charge in [0.05, 0.1) is 0 Å². The fraction of sp³-hybridized carbons (Fsp3) is 0.933. The van der Waals surface area contributed by atoms with Gasteiger partial charge in [-0.1, -0.05) is 79.6 Å². The van der Waals surface area contributed by atoms with Gasteiger partial charge >= 0.3 is 0 Å². The van der Waals surface area contributed by atoms with Gasteiger partial charge in [0, 0.05) is 0 Å². The third-order valence-corrected chi connectivity index (χ3v) is 4.01. The second kappa shape index (κ2) is 9.24. The molecule has 0 aliphatic rings. The van der Waals surface area contributed by atoms with Crippen molar-refractivity contribution in [3.63, 3.8) is 0 Å². The van der Waals surface area contributed by atoms with Crippen LogP contribution in [0.15, 0.2) is 0 Å². The van der Waals surface area contributed by atoms with Crippen LogP contribution in [0.5, 0.6) is 0 Å². The molecule has 0 aliphatic carbocycles. The molecule has 0 saturated carbocycles. The van der Waals surface area contributed by atoms with Crippen LogP contribution in [-0.4, -0.2) is 0 Å². The van der Waals surface area contributed by atoms with Gasteiger partial charge in [0.2, 0.25) is 0 Å². The molecule has 0 heteroatoms. The van der Waals surface area contributed by atoms with Crippen LogP contribution in [0.2, 0.25) is 0 Å². The van der Waals surface area contributed by atoms with E-state index in [0.29, 0.717) is 0 Å². The van der Waals surface area contributed by atoms with Gasteiger partial charge in [-0.3, -0.25) is 0 Å². The number of unbranched alkanes of at least 4 members (excludes halogenated alkanes) is 4. The Hall–Kier alpha value is 0. The maximum Gasteiger partial charge on any atom is -0.0391 e. The quantitative estimate of drug-likeness (QED) is 0.443. The van der Waals surface area contributed by atoms with Crippen LogP contribution in [0.3, 0.4) is 0 Å². The third-order valence-electron chi connectivity index (χ3n) is 4.01. The largest absolute Gasteiger partial charge is 0.0654 e. The van der Waals surface area contributed by atoms with E-state index in [1.54, 1.807) is 0 Å². The standard InChI is InChI=1S/C15H31/c1-6-8-9-10-11-12-14(4)15(5)13(3)7-2/h13-15H,2,6-12H2,1,3-5H3. The molecule has 0 heterocycles. The van der Waals surface area contributed by atoms with Crippen molar-refractivity contribution in [3.05, 3.63) is 6.92 Å². The Labute approximate surface area is 97.8 Å². The molecule has 0 aliphatic heterocycles. The lowest BCUT2D eigenvalue weighted by molar-refractivity contribution is 0.261. The van der Waals surface area contributed by atoms with E-state index in [1.165, 1.54) is 38.5 Å². The van der Waals surface area contributed by atoms with Crippen molar-refractivity contribution in [1.82, 2.24) is 0 Å². The summed E-state index contributed by atoms with van der Waals surface area (Å²) in [4.78, 5) is 0. The van der Waals surface area contributed by atoms with Gasteiger partial charge in [-0.05, 0) is 17.8 Å². The Morgan fingerprint density at radius 1 is 0.867 bits per heavy atom. The normalized spacial score (nSPS) is 17.4. The minimum absolute atomic E-state index is 0.788. The first-order chi connectivity index (χ1) is 7.13. The lowest BCUT2D eigenvalue weighted by Gasteiger charge is -2.25. The Kier molecular flexibility index (Phi) is 9.24. The fourth-order valence-electron chi connectivity index (χ4n) is 2.16. The van der Waals surface area contributed by atoms with E-state index in [-0.39, 0.29) is 0 Å². The van der Waals surface area contributed by atoms with Gasteiger partial charge in [-0.2, -0.15) is 0 Å². The predicted molar refractivity (Wildman–Crippen MR) is 70.8 cm³/mol. The summed E-state index contributed by atoms with van der Waals surface area (Å²) in [5, 5.41) is 0. The molecule has 15 heavy (non-hydrogen) atoms. The average Bonchev–Trinajstić information content (AvgIpc) is 2.26. The maximum atomic E-state index is 4.01. The molecule has 0 aromatic carbocycles. The zero-order chi connectivity index (χ0) is 11.7. The monoisotopic (exact) mass is 211 g/mol. The summed E-state index contributed by atoms with van der Waals surface area (Å²) in [6, 6.07) is 0. The molecule has 0 spiro atoms. The Bertz CT molecular complexity index is 128. The molecule has 91 valence electrons. The summed E-state index contributed by atoms with van der Waals surface area (Å²) < 4.78 is 0. The van der Waals surface area contributed by atoms with Crippen LogP contribution in [0, 0.1) is 24.7 Å². The molecule has 0 saturated heterocycles. The Balaban J connectivity index is 3.50. The smallest absolute Gasteiger partial charge is 0.0391 e. The zero-order valence-electron chi connectivity index (χ0n) is 11.4. The molecule has 0 aromatic heterocycles. The fourth-order valence-corrected chi connectivity index (χ4v) is 2.16. The van der Waals surface area contributed by atoms with E-state index in [4.69, 9.17) is 0 Å². The highest BCUT2D eigenvalue weighted by molar-refractivity contribution is 4.69. The van der Waals surface area contributed by atoms with Crippen molar-refractivity contribution in [1.29, 1.82) is 0 Å². The second-order valence-corrected chi connectivity index (χ2v) is 5.31. The molecule has 3 unspecified atom stereocenters. The summed E-state index contributed by atoms with van der Waals surface area (Å²) in [6.07, 6.45) is 9.56. The van der Waals surface area contributed by atoms with Crippen molar-refractivity contribution in [3.8, 4) is 0 Å². The van der Waals surface area contributed by atoms with Gasteiger partial charge in [0.1, 0.15) is 0 Å². The Morgan fingerprint density at radius 2 is 1.47 bits per heavy atom. The molecular formula is C15H31. The number of hydrogen-bond donors (Lipinski definition) is 0. The molecule has 0 nitrogen and oxygen atoms in total. The predicted octanol–water partition coefficient (Wildman–Crippen LogP) is 5.48. The van der Waals surface area contributed by atoms with Gasteiger partial charge in [0.15, 0.2) is 0 Å². The van der Waals surface area contributed by atoms with Gasteiger partial charge in [-0.25, -0.2) is 0 Å². The van der Waals surface area contributed by atoms with Gasteiger partial charge in [0.25, 0.3) is 0 Å². The van der Waals surface area contributed by atoms with Crippen molar-refractivity contribution in [2.75, 3.05) is 0 Å². The van der Waals surface area contributed by atoms with E-state index in [9.17, 15) is 0 Å². The highest BCUT2D eigenvalue weighted by Gasteiger charge is 2.16. The number of hydrogen-bond acceptors (Lipinski definition) is 0. The second-order valence-electron chi connectivity index (χ2n) is 5.31.